The van der Waals surface area contributed by atoms with Gasteiger partial charge in [0.2, 0.25) is 0 Å². The predicted octanol–water partition coefficient (Wildman–Crippen LogP) is 3.40. The Morgan fingerprint density at radius 3 is 2.41 bits per heavy atom. The van der Waals surface area contributed by atoms with Crippen LogP contribution in [0, 0.1) is 13.8 Å². The summed E-state index contributed by atoms with van der Waals surface area (Å²) in [5.41, 5.74) is 5.52. The lowest BCUT2D eigenvalue weighted by Gasteiger charge is -2.07. The van der Waals surface area contributed by atoms with Crippen LogP contribution in [-0.4, -0.2) is 31.4 Å². The predicted molar refractivity (Wildman–Crippen MR) is 122 cm³/mol. The van der Waals surface area contributed by atoms with Gasteiger partial charge in [0.05, 0.1) is 30.0 Å². The molecule has 0 bridgehead atoms. The molecule has 0 atom stereocenters. The van der Waals surface area contributed by atoms with Crippen LogP contribution in [0.2, 0.25) is 0 Å². The zero-order valence-electron chi connectivity index (χ0n) is 18.2. The van der Waals surface area contributed by atoms with Gasteiger partial charge >= 0.3 is 0 Å². The summed E-state index contributed by atoms with van der Waals surface area (Å²) in [5.74, 6) is -0.343. The number of benzene rings is 2. The van der Waals surface area contributed by atoms with Gasteiger partial charge in [-0.25, -0.2) is 4.68 Å². The SMILES string of the molecule is Cc1ccc(C(=O)Nc2cnn(-c3ccc(C(=O)NCc4cnn(C)c4)cc3)c2)c(C)c1. The molecular weight excluding hydrogens is 404 g/mol. The molecule has 8 heteroatoms. The second-order valence-corrected chi connectivity index (χ2v) is 7.70. The molecular formula is C24H24N6O2. The third-order valence-electron chi connectivity index (χ3n) is 5.07. The fraction of sp³-hybridized carbons (Fsp3) is 0.167. The number of nitrogens with one attached hydrogen (secondary N) is 2. The van der Waals surface area contributed by atoms with Gasteiger partial charge in [-0.3, -0.25) is 14.3 Å². The average Bonchev–Trinajstić information content (AvgIpc) is 3.41. The minimum atomic E-state index is -0.178. The van der Waals surface area contributed by atoms with E-state index in [1.165, 1.54) is 0 Å². The normalized spacial score (nSPS) is 10.7. The summed E-state index contributed by atoms with van der Waals surface area (Å²) in [6.07, 6.45) is 6.91. The van der Waals surface area contributed by atoms with Gasteiger partial charge in [0.15, 0.2) is 0 Å². The van der Waals surface area contributed by atoms with Crippen molar-refractivity contribution in [3.8, 4) is 5.69 Å². The number of rotatable bonds is 6. The summed E-state index contributed by atoms with van der Waals surface area (Å²) >= 11 is 0. The van der Waals surface area contributed by atoms with Crippen LogP contribution in [0.25, 0.3) is 5.69 Å². The first-order valence-corrected chi connectivity index (χ1v) is 10.2. The van der Waals surface area contributed by atoms with E-state index in [1.807, 2.05) is 57.4 Å². The van der Waals surface area contributed by atoms with Crippen LogP contribution in [0.1, 0.15) is 37.4 Å². The number of carbonyl (C=O) groups is 2. The molecule has 0 saturated carbocycles. The van der Waals surface area contributed by atoms with Crippen LogP contribution in [0.5, 0.6) is 0 Å². The fourth-order valence-corrected chi connectivity index (χ4v) is 3.41. The minimum absolute atomic E-state index is 0.165. The summed E-state index contributed by atoms with van der Waals surface area (Å²) in [4.78, 5) is 25.0. The second-order valence-electron chi connectivity index (χ2n) is 7.70. The molecule has 0 fully saturated rings. The van der Waals surface area contributed by atoms with Crippen molar-refractivity contribution < 1.29 is 9.59 Å². The van der Waals surface area contributed by atoms with E-state index in [4.69, 9.17) is 0 Å². The van der Waals surface area contributed by atoms with Gasteiger partial charge in [-0.1, -0.05) is 17.7 Å². The van der Waals surface area contributed by atoms with Crippen LogP contribution >= 0.6 is 0 Å². The first-order valence-electron chi connectivity index (χ1n) is 10.2. The Bertz CT molecular complexity index is 1270. The summed E-state index contributed by atoms with van der Waals surface area (Å²) in [6.45, 7) is 4.32. The van der Waals surface area contributed by atoms with Gasteiger partial charge in [0, 0.05) is 36.5 Å². The van der Waals surface area contributed by atoms with E-state index in [0.29, 0.717) is 23.4 Å². The Kier molecular flexibility index (Phi) is 5.85. The number of aryl methyl sites for hydroxylation is 3. The number of hydrogen-bond donors (Lipinski definition) is 2. The van der Waals surface area contributed by atoms with Crippen molar-refractivity contribution in [3.05, 3.63) is 95.1 Å². The van der Waals surface area contributed by atoms with Crippen molar-refractivity contribution in [2.24, 2.45) is 7.05 Å². The number of carbonyl (C=O) groups excluding carboxylic acids is 2. The van der Waals surface area contributed by atoms with Crippen LogP contribution in [0.3, 0.4) is 0 Å². The van der Waals surface area contributed by atoms with Gasteiger partial charge in [0.1, 0.15) is 0 Å². The van der Waals surface area contributed by atoms with Crippen molar-refractivity contribution in [1.82, 2.24) is 24.9 Å². The Morgan fingerprint density at radius 1 is 0.938 bits per heavy atom. The van der Waals surface area contributed by atoms with Crippen LogP contribution in [0.15, 0.2) is 67.3 Å². The third kappa shape index (κ3) is 4.75. The highest BCUT2D eigenvalue weighted by Gasteiger charge is 2.11. The maximum absolute atomic E-state index is 12.6. The molecule has 8 nitrogen and oxygen atoms in total. The van der Waals surface area contributed by atoms with E-state index in [-0.39, 0.29) is 11.8 Å². The monoisotopic (exact) mass is 428 g/mol. The zero-order chi connectivity index (χ0) is 22.7. The summed E-state index contributed by atoms with van der Waals surface area (Å²) in [7, 11) is 1.83. The Labute approximate surface area is 185 Å². The molecule has 2 amide bonds. The van der Waals surface area contributed by atoms with E-state index >= 15 is 0 Å². The van der Waals surface area contributed by atoms with Crippen molar-refractivity contribution in [2.45, 2.75) is 20.4 Å². The van der Waals surface area contributed by atoms with Crippen molar-refractivity contribution >= 4 is 17.5 Å². The molecule has 0 radical (unpaired) electrons. The maximum atomic E-state index is 12.6. The molecule has 2 heterocycles. The number of amides is 2. The summed E-state index contributed by atoms with van der Waals surface area (Å²) < 4.78 is 3.34. The molecule has 162 valence electrons. The van der Waals surface area contributed by atoms with Gasteiger partial charge in [-0.2, -0.15) is 10.2 Å². The smallest absolute Gasteiger partial charge is 0.256 e. The lowest BCUT2D eigenvalue weighted by molar-refractivity contribution is 0.0950. The molecule has 2 aromatic carbocycles. The average molecular weight is 428 g/mol. The molecule has 0 unspecified atom stereocenters. The molecule has 4 rings (SSSR count). The number of hydrogen-bond acceptors (Lipinski definition) is 4. The standard InChI is InChI=1S/C24H24N6O2/c1-16-4-9-22(17(2)10-16)24(32)28-20-13-27-30(15-20)21-7-5-19(6-8-21)23(31)25-11-18-12-26-29(3)14-18/h4-10,12-15H,11H2,1-3H3,(H,25,31)(H,28,32). The van der Waals surface area contributed by atoms with Crippen molar-refractivity contribution in [2.75, 3.05) is 5.32 Å². The molecule has 0 aliphatic heterocycles. The fourth-order valence-electron chi connectivity index (χ4n) is 3.41. The minimum Gasteiger partial charge on any atom is -0.348 e. The van der Waals surface area contributed by atoms with Gasteiger partial charge in [0.25, 0.3) is 11.8 Å². The van der Waals surface area contributed by atoms with E-state index < -0.39 is 0 Å². The van der Waals surface area contributed by atoms with E-state index in [0.717, 1.165) is 22.4 Å². The van der Waals surface area contributed by atoms with Gasteiger partial charge < -0.3 is 10.6 Å². The maximum Gasteiger partial charge on any atom is 0.256 e. The topological polar surface area (TPSA) is 93.8 Å². The molecule has 2 aromatic heterocycles. The highest BCUT2D eigenvalue weighted by atomic mass is 16.2. The van der Waals surface area contributed by atoms with Crippen molar-refractivity contribution in [3.63, 3.8) is 0 Å². The lowest BCUT2D eigenvalue weighted by atomic mass is 10.1. The van der Waals surface area contributed by atoms with E-state index in [9.17, 15) is 9.59 Å². The first kappa shape index (κ1) is 21.0. The summed E-state index contributed by atoms with van der Waals surface area (Å²) in [6, 6.07) is 12.8. The highest BCUT2D eigenvalue weighted by Crippen LogP contribution is 2.16. The lowest BCUT2D eigenvalue weighted by Crippen LogP contribution is -2.22. The zero-order valence-corrected chi connectivity index (χ0v) is 18.2. The molecule has 0 spiro atoms. The second kappa shape index (κ2) is 8.89. The third-order valence-corrected chi connectivity index (χ3v) is 5.07. The van der Waals surface area contributed by atoms with Crippen LogP contribution in [0.4, 0.5) is 5.69 Å². The van der Waals surface area contributed by atoms with Gasteiger partial charge in [-0.05, 0) is 49.7 Å². The highest BCUT2D eigenvalue weighted by molar-refractivity contribution is 6.05. The van der Waals surface area contributed by atoms with Crippen molar-refractivity contribution in [1.29, 1.82) is 0 Å². The van der Waals surface area contributed by atoms with Crippen LogP contribution in [-0.2, 0) is 13.6 Å². The first-order chi connectivity index (χ1) is 15.4. The molecule has 32 heavy (non-hydrogen) atoms. The molecule has 0 aliphatic carbocycles. The quantitative estimate of drug-likeness (QED) is 0.492. The largest absolute Gasteiger partial charge is 0.348 e. The van der Waals surface area contributed by atoms with Crippen LogP contribution < -0.4 is 10.6 Å². The Hall–Kier alpha value is -4.20. The summed E-state index contributed by atoms with van der Waals surface area (Å²) in [5, 5.41) is 14.2. The van der Waals surface area contributed by atoms with Gasteiger partial charge in [-0.15, -0.1) is 0 Å². The Morgan fingerprint density at radius 2 is 1.72 bits per heavy atom. The number of nitrogens with zero attached hydrogens (tertiary/aromatic N) is 4. The molecule has 0 saturated heterocycles. The van der Waals surface area contributed by atoms with E-state index in [1.54, 1.807) is 40.1 Å². The number of aromatic nitrogens is 4. The molecule has 4 aromatic rings. The molecule has 2 N–H and O–H groups in total. The van der Waals surface area contributed by atoms with E-state index in [2.05, 4.69) is 20.8 Å². The Balaban J connectivity index is 1.39. The number of anilines is 1. The molecule has 0 aliphatic rings.